The fraction of sp³-hybridized carbons (Fsp3) is 0.800. The molecule has 0 radical (unpaired) electrons. The van der Waals surface area contributed by atoms with Crippen LogP contribution in [0.2, 0.25) is 0 Å². The summed E-state index contributed by atoms with van der Waals surface area (Å²) in [7, 11) is 1.97. The van der Waals surface area contributed by atoms with Crippen LogP contribution in [-0.4, -0.2) is 62.0 Å². The van der Waals surface area contributed by atoms with Gasteiger partial charge in [0.15, 0.2) is 0 Å². The lowest BCUT2D eigenvalue weighted by Crippen LogP contribution is -2.47. The maximum atomic E-state index is 12.5. The average Bonchev–Trinajstić information content (AvgIpc) is 3.07. The highest BCUT2D eigenvalue weighted by Crippen LogP contribution is 2.43. The second-order valence-electron chi connectivity index (χ2n) is 6.24. The molecule has 0 spiro atoms. The molecule has 19 heavy (non-hydrogen) atoms. The van der Waals surface area contributed by atoms with Crippen molar-refractivity contribution < 1.29 is 4.79 Å². The number of carbonyl (C=O) groups excluding carboxylic acids is 1. The zero-order chi connectivity index (χ0) is 13.2. The summed E-state index contributed by atoms with van der Waals surface area (Å²) in [6.07, 6.45) is 6.86. The third-order valence-electron chi connectivity index (χ3n) is 4.93. The summed E-state index contributed by atoms with van der Waals surface area (Å²) in [4.78, 5) is 16.9. The molecule has 106 valence electrons. The molecule has 3 rings (SSSR count). The van der Waals surface area contributed by atoms with Gasteiger partial charge in [0.05, 0.1) is 0 Å². The van der Waals surface area contributed by atoms with E-state index in [1.807, 2.05) is 11.9 Å². The van der Waals surface area contributed by atoms with E-state index in [-0.39, 0.29) is 5.92 Å². The van der Waals surface area contributed by atoms with Gasteiger partial charge in [0, 0.05) is 52.2 Å². The summed E-state index contributed by atoms with van der Waals surface area (Å²) >= 11 is 0. The van der Waals surface area contributed by atoms with Crippen molar-refractivity contribution in [3.05, 3.63) is 12.2 Å². The van der Waals surface area contributed by atoms with Crippen molar-refractivity contribution in [2.75, 3.05) is 46.3 Å². The number of piperazine rings is 1. The molecule has 1 saturated carbocycles. The molecule has 1 saturated heterocycles. The SMILES string of the molecule is CN(CCN1CCNCC1)C(=O)C1CC2C=CC1C2. The molecule has 4 nitrogen and oxygen atoms in total. The number of nitrogens with zero attached hydrogens (tertiary/aromatic N) is 2. The molecule has 0 aromatic rings. The topological polar surface area (TPSA) is 35.6 Å². The molecule has 0 aromatic heterocycles. The van der Waals surface area contributed by atoms with E-state index in [2.05, 4.69) is 22.4 Å². The highest BCUT2D eigenvalue weighted by atomic mass is 16.2. The predicted molar refractivity (Wildman–Crippen MR) is 75.8 cm³/mol. The number of hydrogen-bond acceptors (Lipinski definition) is 3. The molecular weight excluding hydrogens is 238 g/mol. The molecule has 1 amide bonds. The van der Waals surface area contributed by atoms with Crippen LogP contribution in [0.1, 0.15) is 12.8 Å². The number of allylic oxidation sites excluding steroid dienone is 2. The Hall–Kier alpha value is -0.870. The second kappa shape index (κ2) is 5.63. The van der Waals surface area contributed by atoms with Crippen LogP contribution in [0.15, 0.2) is 12.2 Å². The van der Waals surface area contributed by atoms with E-state index in [0.29, 0.717) is 17.7 Å². The van der Waals surface area contributed by atoms with E-state index in [0.717, 1.165) is 45.7 Å². The third kappa shape index (κ3) is 2.84. The molecule has 3 unspecified atom stereocenters. The van der Waals surface area contributed by atoms with Gasteiger partial charge in [0.1, 0.15) is 0 Å². The lowest BCUT2D eigenvalue weighted by atomic mass is 9.92. The Kier molecular flexibility index (Phi) is 3.89. The number of amides is 1. The van der Waals surface area contributed by atoms with Crippen molar-refractivity contribution in [1.82, 2.24) is 15.1 Å². The molecule has 1 heterocycles. The van der Waals surface area contributed by atoms with Crippen LogP contribution in [0, 0.1) is 17.8 Å². The van der Waals surface area contributed by atoms with E-state index in [9.17, 15) is 4.79 Å². The molecule has 0 aromatic carbocycles. The van der Waals surface area contributed by atoms with Gasteiger partial charge >= 0.3 is 0 Å². The molecule has 1 N–H and O–H groups in total. The number of rotatable bonds is 4. The zero-order valence-electron chi connectivity index (χ0n) is 11.8. The number of carbonyl (C=O) groups is 1. The van der Waals surface area contributed by atoms with Gasteiger partial charge in [-0.25, -0.2) is 0 Å². The molecule has 2 bridgehead atoms. The van der Waals surface area contributed by atoms with E-state index in [1.165, 1.54) is 6.42 Å². The van der Waals surface area contributed by atoms with Gasteiger partial charge in [-0.15, -0.1) is 0 Å². The fourth-order valence-electron chi connectivity index (χ4n) is 3.68. The van der Waals surface area contributed by atoms with Crippen molar-refractivity contribution in [3.63, 3.8) is 0 Å². The first-order valence-electron chi connectivity index (χ1n) is 7.60. The Morgan fingerprint density at radius 3 is 2.74 bits per heavy atom. The van der Waals surface area contributed by atoms with Crippen LogP contribution in [0.4, 0.5) is 0 Å². The molecule has 4 heteroatoms. The minimum atomic E-state index is 0.267. The molecule has 3 aliphatic rings. The van der Waals surface area contributed by atoms with Crippen LogP contribution in [0.5, 0.6) is 0 Å². The number of fused-ring (bicyclic) bond motifs is 2. The Morgan fingerprint density at radius 2 is 2.11 bits per heavy atom. The van der Waals surface area contributed by atoms with Crippen molar-refractivity contribution in [2.24, 2.45) is 17.8 Å². The Bertz CT molecular complexity index is 362. The Morgan fingerprint density at radius 1 is 1.32 bits per heavy atom. The van der Waals surface area contributed by atoms with Crippen molar-refractivity contribution in [3.8, 4) is 0 Å². The van der Waals surface area contributed by atoms with Gasteiger partial charge in [-0.2, -0.15) is 0 Å². The van der Waals surface area contributed by atoms with Crippen LogP contribution >= 0.6 is 0 Å². The highest BCUT2D eigenvalue weighted by molar-refractivity contribution is 5.79. The lowest BCUT2D eigenvalue weighted by molar-refractivity contribution is -0.135. The summed E-state index contributed by atoms with van der Waals surface area (Å²) < 4.78 is 0. The Labute approximate surface area is 115 Å². The van der Waals surface area contributed by atoms with Gasteiger partial charge in [-0.05, 0) is 24.7 Å². The summed E-state index contributed by atoms with van der Waals surface area (Å²) in [5, 5.41) is 3.36. The number of likely N-dealkylation sites (N-methyl/N-ethyl adjacent to an activating group) is 1. The van der Waals surface area contributed by atoms with Gasteiger partial charge < -0.3 is 10.2 Å². The summed E-state index contributed by atoms with van der Waals surface area (Å²) in [5.41, 5.74) is 0. The largest absolute Gasteiger partial charge is 0.344 e. The molecule has 3 atom stereocenters. The van der Waals surface area contributed by atoms with Crippen molar-refractivity contribution in [1.29, 1.82) is 0 Å². The normalized spacial score (nSPS) is 33.8. The van der Waals surface area contributed by atoms with E-state index < -0.39 is 0 Å². The van der Waals surface area contributed by atoms with Crippen molar-refractivity contribution >= 4 is 5.91 Å². The van der Waals surface area contributed by atoms with Gasteiger partial charge in [0.2, 0.25) is 5.91 Å². The van der Waals surface area contributed by atoms with Gasteiger partial charge in [0.25, 0.3) is 0 Å². The monoisotopic (exact) mass is 263 g/mol. The molecule has 2 fully saturated rings. The molecule has 2 aliphatic carbocycles. The van der Waals surface area contributed by atoms with Crippen LogP contribution in [0.3, 0.4) is 0 Å². The number of hydrogen-bond donors (Lipinski definition) is 1. The Balaban J connectivity index is 1.46. The summed E-state index contributed by atoms with van der Waals surface area (Å²) in [5.74, 6) is 1.84. The maximum absolute atomic E-state index is 12.5. The first-order valence-corrected chi connectivity index (χ1v) is 7.60. The molecule has 1 aliphatic heterocycles. The zero-order valence-corrected chi connectivity index (χ0v) is 11.8. The summed E-state index contributed by atoms with van der Waals surface area (Å²) in [6.45, 7) is 6.26. The van der Waals surface area contributed by atoms with Crippen LogP contribution in [-0.2, 0) is 4.79 Å². The summed E-state index contributed by atoms with van der Waals surface area (Å²) in [6, 6.07) is 0. The lowest BCUT2D eigenvalue weighted by Gasteiger charge is -2.30. The van der Waals surface area contributed by atoms with E-state index in [4.69, 9.17) is 0 Å². The smallest absolute Gasteiger partial charge is 0.226 e. The van der Waals surface area contributed by atoms with Crippen LogP contribution in [0.25, 0.3) is 0 Å². The first kappa shape index (κ1) is 13.1. The van der Waals surface area contributed by atoms with E-state index in [1.54, 1.807) is 0 Å². The minimum Gasteiger partial charge on any atom is -0.344 e. The quantitative estimate of drug-likeness (QED) is 0.753. The minimum absolute atomic E-state index is 0.267. The highest BCUT2D eigenvalue weighted by Gasteiger charge is 2.40. The van der Waals surface area contributed by atoms with E-state index >= 15 is 0 Å². The predicted octanol–water partition coefficient (Wildman–Crippen LogP) is 0.562. The van der Waals surface area contributed by atoms with Gasteiger partial charge in [-0.3, -0.25) is 9.69 Å². The fourth-order valence-corrected chi connectivity index (χ4v) is 3.68. The third-order valence-corrected chi connectivity index (χ3v) is 4.93. The average molecular weight is 263 g/mol. The van der Waals surface area contributed by atoms with Gasteiger partial charge in [-0.1, -0.05) is 12.2 Å². The maximum Gasteiger partial charge on any atom is 0.226 e. The van der Waals surface area contributed by atoms with Crippen LogP contribution < -0.4 is 5.32 Å². The second-order valence-corrected chi connectivity index (χ2v) is 6.24. The standard InChI is InChI=1S/C15H25N3O/c1-17(8-9-18-6-4-16-5-7-18)15(19)14-11-12-2-3-13(14)10-12/h2-3,12-14,16H,4-11H2,1H3. The first-order chi connectivity index (χ1) is 9.24. The van der Waals surface area contributed by atoms with Crippen molar-refractivity contribution in [2.45, 2.75) is 12.8 Å². The number of nitrogens with one attached hydrogen (secondary N) is 1. The molecular formula is C15H25N3O.